The first-order valence-electron chi connectivity index (χ1n) is 7.22. The van der Waals surface area contributed by atoms with Gasteiger partial charge in [-0.2, -0.15) is 0 Å². The molecule has 0 spiro atoms. The van der Waals surface area contributed by atoms with E-state index in [1.54, 1.807) is 30.6 Å². The number of ether oxygens (including phenoxy) is 1. The Hall–Kier alpha value is -1.93. The summed E-state index contributed by atoms with van der Waals surface area (Å²) >= 11 is 0. The van der Waals surface area contributed by atoms with Gasteiger partial charge >= 0.3 is 0 Å². The van der Waals surface area contributed by atoms with Crippen LogP contribution < -0.4 is 4.72 Å². The van der Waals surface area contributed by atoms with Gasteiger partial charge in [-0.3, -0.25) is 4.72 Å². The summed E-state index contributed by atoms with van der Waals surface area (Å²) in [6, 6.07) is 7.08. The van der Waals surface area contributed by atoms with Gasteiger partial charge in [-0.05, 0) is 31.4 Å². The van der Waals surface area contributed by atoms with Crippen molar-refractivity contribution in [1.29, 1.82) is 0 Å². The molecule has 0 aliphatic carbocycles. The van der Waals surface area contributed by atoms with E-state index in [2.05, 4.69) is 15.0 Å². The monoisotopic (exact) mass is 322 g/mol. The molecule has 0 amide bonds. The third-order valence-electron chi connectivity index (χ3n) is 3.52. The predicted molar refractivity (Wildman–Crippen MR) is 82.4 cm³/mol. The van der Waals surface area contributed by atoms with Crippen molar-refractivity contribution in [3.63, 3.8) is 0 Å². The van der Waals surface area contributed by atoms with Crippen molar-refractivity contribution in [2.45, 2.75) is 25.4 Å². The SMILES string of the molecule is O=S(=O)(CC1CCCCO1)Nc1ccccc1-n1ccnn1. The van der Waals surface area contributed by atoms with Crippen molar-refractivity contribution in [3.05, 3.63) is 36.7 Å². The van der Waals surface area contributed by atoms with E-state index in [1.807, 2.05) is 6.07 Å². The maximum Gasteiger partial charge on any atom is 0.235 e. The average Bonchev–Trinajstić information content (AvgIpc) is 3.02. The van der Waals surface area contributed by atoms with Crippen LogP contribution in [0.5, 0.6) is 0 Å². The number of benzene rings is 1. The fourth-order valence-corrected chi connectivity index (χ4v) is 3.83. The molecule has 2 heterocycles. The zero-order valence-corrected chi connectivity index (χ0v) is 12.9. The molecule has 1 saturated heterocycles. The Bertz CT molecular complexity index is 709. The second-order valence-electron chi connectivity index (χ2n) is 5.24. The number of rotatable bonds is 5. The Balaban J connectivity index is 1.77. The standard InChI is InChI=1S/C14H18N4O3S/c19-22(20,11-12-5-3-4-10-21-12)16-13-6-1-2-7-14(13)18-9-8-15-17-18/h1-2,6-9,12,16H,3-5,10-11H2. The third kappa shape index (κ3) is 3.63. The number of sulfonamides is 1. The quantitative estimate of drug-likeness (QED) is 0.903. The second-order valence-corrected chi connectivity index (χ2v) is 7.00. The number of anilines is 1. The van der Waals surface area contributed by atoms with Gasteiger partial charge < -0.3 is 4.74 Å². The molecule has 0 bridgehead atoms. The van der Waals surface area contributed by atoms with Crippen LogP contribution in [0.25, 0.3) is 5.69 Å². The molecule has 3 rings (SSSR count). The van der Waals surface area contributed by atoms with Crippen LogP contribution in [0.15, 0.2) is 36.7 Å². The summed E-state index contributed by atoms with van der Waals surface area (Å²) < 4.78 is 34.4. The molecule has 1 aromatic heterocycles. The second kappa shape index (κ2) is 6.45. The lowest BCUT2D eigenvalue weighted by Crippen LogP contribution is -2.31. The first kappa shape index (κ1) is 15.0. The van der Waals surface area contributed by atoms with Crippen molar-refractivity contribution in [2.24, 2.45) is 0 Å². The van der Waals surface area contributed by atoms with E-state index in [4.69, 9.17) is 4.74 Å². The highest BCUT2D eigenvalue weighted by atomic mass is 32.2. The molecule has 1 unspecified atom stereocenters. The summed E-state index contributed by atoms with van der Waals surface area (Å²) in [7, 11) is -3.48. The van der Waals surface area contributed by atoms with Gasteiger partial charge in [0.25, 0.3) is 0 Å². The summed E-state index contributed by atoms with van der Waals surface area (Å²) in [4.78, 5) is 0. The molecule has 118 valence electrons. The van der Waals surface area contributed by atoms with Gasteiger partial charge in [0, 0.05) is 6.61 Å². The molecule has 1 aromatic carbocycles. The fraction of sp³-hybridized carbons (Fsp3) is 0.429. The molecule has 1 fully saturated rings. The van der Waals surface area contributed by atoms with E-state index in [0.717, 1.165) is 19.3 Å². The number of aromatic nitrogens is 3. The Kier molecular flexibility index (Phi) is 4.39. The van der Waals surface area contributed by atoms with E-state index in [-0.39, 0.29) is 11.9 Å². The van der Waals surface area contributed by atoms with E-state index in [1.165, 1.54) is 4.68 Å². The number of nitrogens with zero attached hydrogens (tertiary/aromatic N) is 3. The van der Waals surface area contributed by atoms with Crippen LogP contribution >= 0.6 is 0 Å². The third-order valence-corrected chi connectivity index (χ3v) is 4.86. The molecule has 7 nitrogen and oxygen atoms in total. The Morgan fingerprint density at radius 1 is 1.32 bits per heavy atom. The predicted octanol–water partition coefficient (Wildman–Crippen LogP) is 1.58. The van der Waals surface area contributed by atoms with Crippen LogP contribution in [0.3, 0.4) is 0 Å². The average molecular weight is 322 g/mol. The van der Waals surface area contributed by atoms with Crippen LogP contribution in [0.4, 0.5) is 5.69 Å². The number of hydrogen-bond donors (Lipinski definition) is 1. The number of hydrogen-bond acceptors (Lipinski definition) is 5. The van der Waals surface area contributed by atoms with E-state index in [9.17, 15) is 8.42 Å². The van der Waals surface area contributed by atoms with Crippen molar-refractivity contribution < 1.29 is 13.2 Å². The highest BCUT2D eigenvalue weighted by Gasteiger charge is 2.23. The van der Waals surface area contributed by atoms with Gasteiger partial charge in [0.05, 0.1) is 35.6 Å². The van der Waals surface area contributed by atoms with Crippen molar-refractivity contribution in [3.8, 4) is 5.69 Å². The maximum atomic E-state index is 12.4. The van der Waals surface area contributed by atoms with E-state index < -0.39 is 10.0 Å². The molecular formula is C14H18N4O3S. The molecule has 0 radical (unpaired) electrons. The molecule has 1 aliphatic heterocycles. The topological polar surface area (TPSA) is 86.1 Å². The minimum Gasteiger partial charge on any atom is -0.377 e. The van der Waals surface area contributed by atoms with Crippen molar-refractivity contribution >= 4 is 15.7 Å². The van der Waals surface area contributed by atoms with Crippen LogP contribution in [0.2, 0.25) is 0 Å². The zero-order valence-electron chi connectivity index (χ0n) is 12.1. The smallest absolute Gasteiger partial charge is 0.235 e. The van der Waals surface area contributed by atoms with Gasteiger partial charge in [0.15, 0.2) is 0 Å². The molecular weight excluding hydrogens is 304 g/mol. The lowest BCUT2D eigenvalue weighted by atomic mass is 10.1. The van der Waals surface area contributed by atoms with Crippen LogP contribution in [-0.4, -0.2) is 41.9 Å². The Labute approximate surface area is 129 Å². The molecule has 1 N–H and O–H groups in total. The first-order chi connectivity index (χ1) is 10.6. The Morgan fingerprint density at radius 2 is 2.18 bits per heavy atom. The molecule has 8 heteroatoms. The van der Waals surface area contributed by atoms with Crippen molar-refractivity contribution in [1.82, 2.24) is 15.0 Å². The molecule has 2 aromatic rings. The fourth-order valence-electron chi connectivity index (χ4n) is 2.49. The zero-order chi connectivity index (χ0) is 15.4. The normalized spacial score (nSPS) is 19.0. The highest BCUT2D eigenvalue weighted by Crippen LogP contribution is 2.21. The first-order valence-corrected chi connectivity index (χ1v) is 8.87. The maximum absolute atomic E-state index is 12.4. The minimum atomic E-state index is -3.48. The van der Waals surface area contributed by atoms with E-state index in [0.29, 0.717) is 18.0 Å². The van der Waals surface area contributed by atoms with E-state index >= 15 is 0 Å². The summed E-state index contributed by atoms with van der Waals surface area (Å²) in [5.74, 6) is -0.0291. The summed E-state index contributed by atoms with van der Waals surface area (Å²) in [6.07, 6.45) is 5.77. The largest absolute Gasteiger partial charge is 0.377 e. The van der Waals surface area contributed by atoms with Gasteiger partial charge in [-0.1, -0.05) is 17.3 Å². The Morgan fingerprint density at radius 3 is 2.91 bits per heavy atom. The number of para-hydroxylation sites is 2. The van der Waals surface area contributed by atoms with Crippen molar-refractivity contribution in [2.75, 3.05) is 17.1 Å². The van der Waals surface area contributed by atoms with Gasteiger partial charge in [0.2, 0.25) is 10.0 Å². The van der Waals surface area contributed by atoms with Crippen LogP contribution in [-0.2, 0) is 14.8 Å². The molecule has 1 aliphatic rings. The van der Waals surface area contributed by atoms with Gasteiger partial charge in [-0.15, -0.1) is 5.10 Å². The molecule has 22 heavy (non-hydrogen) atoms. The lowest BCUT2D eigenvalue weighted by Gasteiger charge is -2.22. The van der Waals surface area contributed by atoms with Crippen LogP contribution in [0, 0.1) is 0 Å². The summed E-state index contributed by atoms with van der Waals surface area (Å²) in [6.45, 7) is 0.635. The summed E-state index contributed by atoms with van der Waals surface area (Å²) in [5.41, 5.74) is 1.11. The van der Waals surface area contributed by atoms with Crippen LogP contribution in [0.1, 0.15) is 19.3 Å². The van der Waals surface area contributed by atoms with Gasteiger partial charge in [-0.25, -0.2) is 13.1 Å². The number of nitrogens with one attached hydrogen (secondary N) is 1. The summed E-state index contributed by atoms with van der Waals surface area (Å²) in [5, 5.41) is 7.65. The molecule has 1 atom stereocenters. The highest BCUT2D eigenvalue weighted by molar-refractivity contribution is 7.92. The van der Waals surface area contributed by atoms with Gasteiger partial charge in [0.1, 0.15) is 0 Å². The minimum absolute atomic E-state index is 0.0291. The molecule has 0 saturated carbocycles. The lowest BCUT2D eigenvalue weighted by molar-refractivity contribution is 0.0306.